The van der Waals surface area contributed by atoms with Gasteiger partial charge in [-0.1, -0.05) is 0 Å². The van der Waals surface area contributed by atoms with Crippen molar-refractivity contribution in [3.05, 3.63) is 20.2 Å². The van der Waals surface area contributed by atoms with Crippen LogP contribution < -0.4 is 0 Å². The lowest BCUT2D eigenvalue weighted by Crippen LogP contribution is -1.76. The molecule has 12 heavy (non-hydrogen) atoms. The van der Waals surface area contributed by atoms with Gasteiger partial charge >= 0.3 is 0 Å². The predicted octanol–water partition coefficient (Wildman–Crippen LogP) is 2.71. The first kappa shape index (κ1) is 8.18. The second-order valence-corrected chi connectivity index (χ2v) is 4.00. The smallest absolute Gasteiger partial charge is 0.278 e. The fraction of sp³-hybridized carbons (Fsp3) is 0.143. The first-order chi connectivity index (χ1) is 5.77. The molecule has 0 amide bonds. The summed E-state index contributed by atoms with van der Waals surface area (Å²) in [5.41, 5.74) is 2.22. The number of hydrogen-bond acceptors (Lipinski definition) is 4. The molecule has 0 N–H and O–H groups in total. The zero-order valence-electron chi connectivity index (χ0n) is 6.24. The van der Waals surface area contributed by atoms with E-state index in [1.165, 1.54) is 5.56 Å². The highest BCUT2D eigenvalue weighted by atomic mass is 127. The van der Waals surface area contributed by atoms with Crippen molar-refractivity contribution in [2.24, 2.45) is 0 Å². The number of nitrogens with zero attached hydrogens (tertiary/aromatic N) is 2. The third kappa shape index (κ3) is 1.38. The molecule has 2 heterocycles. The van der Waals surface area contributed by atoms with Crippen molar-refractivity contribution < 1.29 is 4.42 Å². The molecule has 0 spiro atoms. The van der Waals surface area contributed by atoms with Crippen LogP contribution in [-0.2, 0) is 0 Å². The Morgan fingerprint density at radius 3 is 2.75 bits per heavy atom. The normalized spacial score (nSPS) is 10.5. The Labute approximate surface area is 87.0 Å². The summed E-state index contributed by atoms with van der Waals surface area (Å²) in [5, 5.41) is 11.8. The molecule has 2 aromatic heterocycles. The van der Waals surface area contributed by atoms with E-state index in [0.29, 0.717) is 9.79 Å². The van der Waals surface area contributed by atoms with E-state index in [2.05, 4.69) is 15.6 Å². The molecule has 0 saturated carbocycles. The van der Waals surface area contributed by atoms with Crippen LogP contribution >= 0.6 is 33.9 Å². The first-order valence-electron chi connectivity index (χ1n) is 3.29. The molecule has 0 fully saturated rings. The average Bonchev–Trinajstić information content (AvgIpc) is 2.58. The Bertz CT molecular complexity index is 396. The van der Waals surface area contributed by atoms with Gasteiger partial charge in [0.05, 0.1) is 5.56 Å². The minimum absolute atomic E-state index is 0.577. The highest BCUT2D eigenvalue weighted by molar-refractivity contribution is 14.1. The third-order valence-corrected chi connectivity index (χ3v) is 2.78. The van der Waals surface area contributed by atoms with Crippen LogP contribution in [0.1, 0.15) is 5.56 Å². The second-order valence-electron chi connectivity index (χ2n) is 2.33. The van der Waals surface area contributed by atoms with Crippen LogP contribution in [0.5, 0.6) is 0 Å². The molecule has 0 aliphatic heterocycles. The van der Waals surface area contributed by atoms with Gasteiger partial charge in [-0.25, -0.2) is 0 Å². The lowest BCUT2D eigenvalue weighted by molar-refractivity contribution is 0.537. The third-order valence-electron chi connectivity index (χ3n) is 1.49. The minimum atomic E-state index is 0.577. The van der Waals surface area contributed by atoms with Crippen molar-refractivity contribution in [2.45, 2.75) is 6.92 Å². The number of rotatable bonds is 1. The highest BCUT2D eigenvalue weighted by Gasteiger charge is 2.09. The summed E-state index contributed by atoms with van der Waals surface area (Å²) in [5.74, 6) is 0.609. The maximum absolute atomic E-state index is 5.28. The maximum Gasteiger partial charge on any atom is 0.278 e. The standard InChI is InChI=1S/C7H5IN2OS/c1-4-2-12-3-5(4)6-9-10-7(8)11-6/h2-3H,1H3. The van der Waals surface area contributed by atoms with E-state index in [-0.39, 0.29) is 0 Å². The molecule has 0 aromatic carbocycles. The highest BCUT2D eigenvalue weighted by Crippen LogP contribution is 2.25. The van der Waals surface area contributed by atoms with Crippen LogP contribution in [-0.4, -0.2) is 10.2 Å². The average molecular weight is 292 g/mol. The molecule has 0 aliphatic carbocycles. The van der Waals surface area contributed by atoms with Crippen LogP contribution in [0.15, 0.2) is 15.2 Å². The minimum Gasteiger partial charge on any atom is -0.412 e. The molecule has 0 unspecified atom stereocenters. The summed E-state index contributed by atoms with van der Waals surface area (Å²) >= 11 is 3.64. The molecule has 62 valence electrons. The van der Waals surface area contributed by atoms with Crippen LogP contribution in [0.3, 0.4) is 0 Å². The largest absolute Gasteiger partial charge is 0.412 e. The molecule has 0 bridgehead atoms. The summed E-state index contributed by atoms with van der Waals surface area (Å²) < 4.78 is 5.86. The number of thiophene rings is 1. The molecule has 0 saturated heterocycles. The number of halogens is 1. The van der Waals surface area contributed by atoms with Crippen molar-refractivity contribution in [1.29, 1.82) is 0 Å². The Balaban J connectivity index is 2.50. The topological polar surface area (TPSA) is 38.9 Å². The lowest BCUT2D eigenvalue weighted by Gasteiger charge is -1.88. The van der Waals surface area contributed by atoms with Gasteiger partial charge < -0.3 is 4.42 Å². The van der Waals surface area contributed by atoms with Crippen LogP contribution in [0.25, 0.3) is 11.5 Å². The molecule has 0 radical (unpaired) electrons. The zero-order chi connectivity index (χ0) is 8.55. The number of aromatic nitrogens is 2. The maximum atomic E-state index is 5.28. The molecular weight excluding hydrogens is 287 g/mol. The van der Waals surface area contributed by atoms with Gasteiger partial charge in [0.1, 0.15) is 0 Å². The fourth-order valence-corrected chi connectivity index (χ4v) is 2.03. The van der Waals surface area contributed by atoms with E-state index in [0.717, 1.165) is 5.56 Å². The van der Waals surface area contributed by atoms with Crippen molar-refractivity contribution in [3.8, 4) is 11.5 Å². The van der Waals surface area contributed by atoms with Crippen LogP contribution in [0.4, 0.5) is 0 Å². The Morgan fingerprint density at radius 1 is 1.42 bits per heavy atom. The van der Waals surface area contributed by atoms with Crippen LogP contribution in [0.2, 0.25) is 0 Å². The number of hydrogen-bond donors (Lipinski definition) is 0. The van der Waals surface area contributed by atoms with Gasteiger partial charge in [0.2, 0.25) is 5.89 Å². The van der Waals surface area contributed by atoms with E-state index in [1.807, 2.05) is 34.9 Å². The Kier molecular flexibility index (Phi) is 2.14. The van der Waals surface area contributed by atoms with E-state index < -0.39 is 0 Å². The Hall–Kier alpha value is -0.430. The summed E-state index contributed by atoms with van der Waals surface area (Å²) in [6.07, 6.45) is 0. The summed E-state index contributed by atoms with van der Waals surface area (Å²) in [6.45, 7) is 2.03. The van der Waals surface area contributed by atoms with Crippen molar-refractivity contribution >= 4 is 33.9 Å². The van der Waals surface area contributed by atoms with Gasteiger partial charge in [-0.15, -0.1) is 10.2 Å². The molecule has 2 aromatic rings. The molecule has 0 atom stereocenters. The van der Waals surface area contributed by atoms with Crippen molar-refractivity contribution in [1.82, 2.24) is 10.2 Å². The Morgan fingerprint density at radius 2 is 2.25 bits per heavy atom. The predicted molar refractivity (Wildman–Crippen MR) is 55.1 cm³/mol. The van der Waals surface area contributed by atoms with Crippen molar-refractivity contribution in [3.63, 3.8) is 0 Å². The molecule has 2 rings (SSSR count). The quantitative estimate of drug-likeness (QED) is 0.759. The molecule has 3 nitrogen and oxygen atoms in total. The van der Waals surface area contributed by atoms with Gasteiger partial charge in [0, 0.05) is 28.0 Å². The van der Waals surface area contributed by atoms with Gasteiger partial charge in [0.15, 0.2) is 0 Å². The van der Waals surface area contributed by atoms with Gasteiger partial charge in [-0.2, -0.15) is 11.3 Å². The van der Waals surface area contributed by atoms with Gasteiger partial charge in [-0.05, 0) is 17.9 Å². The molecular formula is C7H5IN2OS. The van der Waals surface area contributed by atoms with E-state index in [9.17, 15) is 0 Å². The van der Waals surface area contributed by atoms with E-state index in [1.54, 1.807) is 11.3 Å². The fourth-order valence-electron chi connectivity index (χ4n) is 0.894. The van der Waals surface area contributed by atoms with E-state index >= 15 is 0 Å². The van der Waals surface area contributed by atoms with Crippen LogP contribution in [0, 0.1) is 10.8 Å². The number of aryl methyl sites for hydroxylation is 1. The first-order valence-corrected chi connectivity index (χ1v) is 5.31. The molecule has 0 aliphatic rings. The second kappa shape index (κ2) is 3.14. The summed E-state index contributed by atoms with van der Waals surface area (Å²) in [4.78, 5) is 0. The monoisotopic (exact) mass is 292 g/mol. The van der Waals surface area contributed by atoms with Gasteiger partial charge in [-0.3, -0.25) is 0 Å². The molecule has 5 heteroatoms. The van der Waals surface area contributed by atoms with Gasteiger partial charge in [0.25, 0.3) is 3.90 Å². The summed E-state index contributed by atoms with van der Waals surface area (Å²) in [7, 11) is 0. The van der Waals surface area contributed by atoms with E-state index in [4.69, 9.17) is 4.42 Å². The SMILES string of the molecule is Cc1cscc1-c1nnc(I)o1. The lowest BCUT2D eigenvalue weighted by atomic mass is 10.2. The summed E-state index contributed by atoms with van der Waals surface area (Å²) in [6, 6.07) is 0. The van der Waals surface area contributed by atoms with Crippen molar-refractivity contribution in [2.75, 3.05) is 0 Å². The zero-order valence-corrected chi connectivity index (χ0v) is 9.22.